The van der Waals surface area contributed by atoms with E-state index in [1.807, 2.05) is 27.7 Å². The zero-order valence-electron chi connectivity index (χ0n) is 12.1. The van der Waals surface area contributed by atoms with Crippen LogP contribution in [0, 0.1) is 0 Å². The summed E-state index contributed by atoms with van der Waals surface area (Å²) in [7, 11) is 0. The Morgan fingerprint density at radius 2 is 2.11 bits per heavy atom. The summed E-state index contributed by atoms with van der Waals surface area (Å²) in [5, 5.41) is 13.8. The maximum atomic E-state index is 11.7. The molecule has 1 amide bonds. The topological polar surface area (TPSA) is 83.3 Å². The van der Waals surface area contributed by atoms with E-state index in [2.05, 4.69) is 20.8 Å². The molecule has 7 nitrogen and oxygen atoms in total. The molecule has 0 radical (unpaired) electrons. The van der Waals surface area contributed by atoms with E-state index in [9.17, 15) is 4.79 Å². The molecular formula is C12H23N5O2. The molecule has 0 aromatic carbocycles. The van der Waals surface area contributed by atoms with Crippen LogP contribution in [0.4, 0.5) is 6.01 Å². The summed E-state index contributed by atoms with van der Waals surface area (Å²) in [5.74, 6) is 0.475. The van der Waals surface area contributed by atoms with E-state index in [1.54, 1.807) is 4.90 Å². The van der Waals surface area contributed by atoms with Crippen molar-refractivity contribution >= 4 is 11.9 Å². The molecule has 0 spiro atoms. The Morgan fingerprint density at radius 1 is 1.37 bits per heavy atom. The van der Waals surface area contributed by atoms with Gasteiger partial charge in [-0.3, -0.25) is 4.79 Å². The standard InChI is InChI=1S/C12H23N5O2/c1-5-13-7-11-15-16-12(19-11)17(6-2)8-10(18)14-9(3)4/h9,13H,5-8H2,1-4H3,(H,14,18). The molecular weight excluding hydrogens is 246 g/mol. The lowest BCUT2D eigenvalue weighted by Crippen LogP contribution is -2.40. The van der Waals surface area contributed by atoms with Gasteiger partial charge in [0.25, 0.3) is 0 Å². The predicted octanol–water partition coefficient (Wildman–Crippen LogP) is 0.530. The number of nitrogens with zero attached hydrogens (tertiary/aromatic N) is 3. The monoisotopic (exact) mass is 269 g/mol. The van der Waals surface area contributed by atoms with Crippen LogP contribution in [0.3, 0.4) is 0 Å². The highest BCUT2D eigenvalue weighted by Crippen LogP contribution is 2.11. The zero-order valence-corrected chi connectivity index (χ0v) is 12.1. The Hall–Kier alpha value is -1.63. The number of anilines is 1. The van der Waals surface area contributed by atoms with Gasteiger partial charge in [-0.2, -0.15) is 0 Å². The predicted molar refractivity (Wildman–Crippen MR) is 72.8 cm³/mol. The SMILES string of the molecule is CCNCc1nnc(N(CC)CC(=O)NC(C)C)o1. The first-order valence-corrected chi connectivity index (χ1v) is 6.64. The summed E-state index contributed by atoms with van der Waals surface area (Å²) in [5.41, 5.74) is 0. The van der Waals surface area contributed by atoms with Gasteiger partial charge >= 0.3 is 6.01 Å². The summed E-state index contributed by atoms with van der Waals surface area (Å²) in [6.07, 6.45) is 0. The second-order valence-corrected chi connectivity index (χ2v) is 4.50. The van der Waals surface area contributed by atoms with Crippen LogP contribution in [-0.2, 0) is 11.3 Å². The van der Waals surface area contributed by atoms with Crippen molar-refractivity contribution in [3.8, 4) is 0 Å². The molecule has 1 aromatic rings. The van der Waals surface area contributed by atoms with Crippen molar-refractivity contribution in [1.29, 1.82) is 0 Å². The maximum absolute atomic E-state index is 11.7. The van der Waals surface area contributed by atoms with Crippen LogP contribution in [-0.4, -0.2) is 41.8 Å². The molecule has 0 aliphatic rings. The summed E-state index contributed by atoms with van der Waals surface area (Å²) in [6, 6.07) is 0.507. The average Bonchev–Trinajstić information content (AvgIpc) is 2.81. The van der Waals surface area contributed by atoms with Gasteiger partial charge in [0.15, 0.2) is 0 Å². The number of amides is 1. The minimum Gasteiger partial charge on any atom is -0.407 e. The van der Waals surface area contributed by atoms with Crippen molar-refractivity contribution in [3.63, 3.8) is 0 Å². The first-order valence-electron chi connectivity index (χ1n) is 6.64. The Labute approximate surface area is 113 Å². The number of nitrogens with one attached hydrogen (secondary N) is 2. The van der Waals surface area contributed by atoms with Gasteiger partial charge in [0.1, 0.15) is 6.54 Å². The van der Waals surface area contributed by atoms with Crippen molar-refractivity contribution in [2.45, 2.75) is 40.3 Å². The minimum absolute atomic E-state index is 0.0525. The molecule has 7 heteroatoms. The van der Waals surface area contributed by atoms with Gasteiger partial charge in [0.2, 0.25) is 11.8 Å². The number of aromatic nitrogens is 2. The highest BCUT2D eigenvalue weighted by atomic mass is 16.4. The van der Waals surface area contributed by atoms with Gasteiger partial charge in [-0.1, -0.05) is 12.0 Å². The van der Waals surface area contributed by atoms with Crippen molar-refractivity contribution in [1.82, 2.24) is 20.8 Å². The first-order chi connectivity index (χ1) is 9.06. The van der Waals surface area contributed by atoms with Crippen molar-refractivity contribution in [2.75, 3.05) is 24.5 Å². The fraction of sp³-hybridized carbons (Fsp3) is 0.750. The van der Waals surface area contributed by atoms with Gasteiger partial charge < -0.3 is 20.0 Å². The highest BCUT2D eigenvalue weighted by Gasteiger charge is 2.16. The largest absolute Gasteiger partial charge is 0.407 e. The second kappa shape index (κ2) is 7.73. The van der Waals surface area contributed by atoms with E-state index < -0.39 is 0 Å². The molecule has 0 saturated carbocycles. The molecule has 1 rings (SSSR count). The lowest BCUT2D eigenvalue weighted by Gasteiger charge is -2.18. The van der Waals surface area contributed by atoms with E-state index in [4.69, 9.17) is 4.42 Å². The van der Waals surface area contributed by atoms with Crippen LogP contribution in [0.15, 0.2) is 4.42 Å². The summed E-state index contributed by atoms with van der Waals surface area (Å²) >= 11 is 0. The molecule has 0 unspecified atom stereocenters. The Balaban J connectivity index is 2.58. The van der Waals surface area contributed by atoms with Crippen LogP contribution in [0.5, 0.6) is 0 Å². The molecule has 19 heavy (non-hydrogen) atoms. The molecule has 1 aromatic heterocycles. The molecule has 1 heterocycles. The van der Waals surface area contributed by atoms with Crippen LogP contribution in [0.2, 0.25) is 0 Å². The lowest BCUT2D eigenvalue weighted by atomic mass is 10.4. The summed E-state index contributed by atoms with van der Waals surface area (Å²) in [6.45, 7) is 10.0. The smallest absolute Gasteiger partial charge is 0.318 e. The third-order valence-electron chi connectivity index (χ3n) is 2.42. The first kappa shape index (κ1) is 15.4. The van der Waals surface area contributed by atoms with Crippen molar-refractivity contribution in [2.24, 2.45) is 0 Å². The molecule has 0 bridgehead atoms. The van der Waals surface area contributed by atoms with E-state index >= 15 is 0 Å². The van der Waals surface area contributed by atoms with E-state index in [1.165, 1.54) is 0 Å². The quantitative estimate of drug-likeness (QED) is 0.716. The van der Waals surface area contributed by atoms with Crippen LogP contribution >= 0.6 is 0 Å². The second-order valence-electron chi connectivity index (χ2n) is 4.50. The van der Waals surface area contributed by atoms with Gasteiger partial charge in [-0.15, -0.1) is 5.10 Å². The third-order valence-corrected chi connectivity index (χ3v) is 2.42. The molecule has 0 saturated heterocycles. The Bertz CT molecular complexity index is 391. The fourth-order valence-corrected chi connectivity index (χ4v) is 1.53. The molecule has 0 aliphatic carbocycles. The van der Waals surface area contributed by atoms with E-state index in [-0.39, 0.29) is 18.5 Å². The van der Waals surface area contributed by atoms with Crippen LogP contribution in [0.1, 0.15) is 33.6 Å². The number of carbonyl (C=O) groups excluding carboxylic acids is 1. The van der Waals surface area contributed by atoms with Crippen molar-refractivity contribution < 1.29 is 9.21 Å². The minimum atomic E-state index is -0.0525. The fourth-order valence-electron chi connectivity index (χ4n) is 1.53. The number of rotatable bonds is 8. The Kier molecular flexibility index (Phi) is 6.27. The highest BCUT2D eigenvalue weighted by molar-refractivity contribution is 5.80. The molecule has 2 N–H and O–H groups in total. The average molecular weight is 269 g/mol. The molecule has 0 atom stereocenters. The summed E-state index contributed by atoms with van der Waals surface area (Å²) < 4.78 is 5.51. The van der Waals surface area contributed by atoms with Crippen LogP contribution < -0.4 is 15.5 Å². The third kappa shape index (κ3) is 5.25. The number of carbonyl (C=O) groups is 1. The lowest BCUT2D eigenvalue weighted by molar-refractivity contribution is -0.120. The zero-order chi connectivity index (χ0) is 14.3. The molecule has 0 fully saturated rings. The normalized spacial score (nSPS) is 10.8. The number of likely N-dealkylation sites (N-methyl/N-ethyl adjacent to an activating group) is 1. The van der Waals surface area contributed by atoms with Gasteiger partial charge in [0.05, 0.1) is 6.54 Å². The summed E-state index contributed by atoms with van der Waals surface area (Å²) in [4.78, 5) is 13.5. The number of hydrogen-bond acceptors (Lipinski definition) is 6. The van der Waals surface area contributed by atoms with Crippen molar-refractivity contribution in [3.05, 3.63) is 5.89 Å². The molecule has 0 aliphatic heterocycles. The molecule has 108 valence electrons. The van der Waals surface area contributed by atoms with Crippen LogP contribution in [0.25, 0.3) is 0 Å². The van der Waals surface area contributed by atoms with E-state index in [0.717, 1.165) is 6.54 Å². The van der Waals surface area contributed by atoms with Gasteiger partial charge in [0, 0.05) is 12.6 Å². The maximum Gasteiger partial charge on any atom is 0.318 e. The van der Waals surface area contributed by atoms with Gasteiger partial charge in [-0.05, 0) is 27.3 Å². The Morgan fingerprint density at radius 3 is 2.68 bits per heavy atom. The van der Waals surface area contributed by atoms with E-state index in [0.29, 0.717) is 25.0 Å². The number of hydrogen-bond donors (Lipinski definition) is 2. The van der Waals surface area contributed by atoms with Gasteiger partial charge in [-0.25, -0.2) is 0 Å².